The number of hydrogen-bond donors (Lipinski definition) is 3. The summed E-state index contributed by atoms with van der Waals surface area (Å²) >= 11 is 6.35. The highest BCUT2D eigenvalue weighted by molar-refractivity contribution is 7.89. The van der Waals surface area contributed by atoms with Gasteiger partial charge in [0.05, 0.1) is 22.8 Å². The van der Waals surface area contributed by atoms with Crippen molar-refractivity contribution in [3.05, 3.63) is 28.3 Å². The number of sulfonamides is 1. The predicted molar refractivity (Wildman–Crippen MR) is 149 cm³/mol. The number of likely N-dealkylation sites (tertiary alicyclic amines) is 1. The highest BCUT2D eigenvalue weighted by atomic mass is 35.5. The van der Waals surface area contributed by atoms with Crippen LogP contribution >= 0.6 is 11.6 Å². The van der Waals surface area contributed by atoms with Gasteiger partial charge in [-0.2, -0.15) is 4.31 Å². The second kappa shape index (κ2) is 11.7. The number of benzene rings is 1. The van der Waals surface area contributed by atoms with Crippen molar-refractivity contribution in [1.82, 2.24) is 19.8 Å². The normalized spacial score (nSPS) is 25.8. The summed E-state index contributed by atoms with van der Waals surface area (Å²) in [5.41, 5.74) is 1.74. The van der Waals surface area contributed by atoms with Crippen molar-refractivity contribution in [2.45, 2.75) is 76.4 Å². The molecule has 12 heteroatoms. The lowest BCUT2D eigenvalue weighted by molar-refractivity contribution is -0.119. The quantitative estimate of drug-likeness (QED) is 0.385. The lowest BCUT2D eigenvalue weighted by Crippen LogP contribution is -2.53. The van der Waals surface area contributed by atoms with Crippen molar-refractivity contribution in [1.29, 1.82) is 0 Å². The zero-order valence-corrected chi connectivity index (χ0v) is 24.0. The molecule has 1 aromatic carbocycles. The molecule has 3 atom stereocenters. The van der Waals surface area contributed by atoms with E-state index < -0.39 is 10.0 Å². The van der Waals surface area contributed by atoms with Crippen LogP contribution in [0.1, 0.15) is 67.8 Å². The average molecular weight is 580 g/mol. The second-order valence-corrected chi connectivity index (χ2v) is 13.8. The standard InChI is InChI=1S/C27H38ClN5O5S/c1-17(34)29-7-2-8-32-9-5-18(6-10-32)16-39(37,38)33-21-3-4-22(33)14-20(13-21)30-27(36)23-11-19-12-26(35)31-25(19)15-24(23)28/h11,15,18,20-22H,2-10,12-14,16H2,1H3,(H,29,34)(H,30,36)(H,31,35)/t20?,21-,22+. The minimum absolute atomic E-state index is 0.0146. The van der Waals surface area contributed by atoms with E-state index in [1.54, 1.807) is 16.4 Å². The Morgan fingerprint density at radius 3 is 2.46 bits per heavy atom. The number of anilines is 1. The summed E-state index contributed by atoms with van der Waals surface area (Å²) in [6, 6.07) is 2.99. The molecule has 0 saturated carbocycles. The number of carbonyl (C=O) groups is 3. The zero-order chi connectivity index (χ0) is 27.7. The van der Waals surface area contributed by atoms with Gasteiger partial charge < -0.3 is 20.9 Å². The molecule has 4 aliphatic rings. The molecular weight excluding hydrogens is 542 g/mol. The molecule has 214 valence electrons. The van der Waals surface area contributed by atoms with Gasteiger partial charge in [-0.05, 0) is 88.2 Å². The van der Waals surface area contributed by atoms with Crippen molar-refractivity contribution >= 4 is 45.0 Å². The van der Waals surface area contributed by atoms with Crippen LogP contribution < -0.4 is 16.0 Å². The van der Waals surface area contributed by atoms with Crippen molar-refractivity contribution in [3.63, 3.8) is 0 Å². The first-order chi connectivity index (χ1) is 18.6. The molecule has 10 nitrogen and oxygen atoms in total. The molecule has 0 aliphatic carbocycles. The number of halogens is 1. The number of hydrogen-bond acceptors (Lipinski definition) is 6. The smallest absolute Gasteiger partial charge is 0.253 e. The summed E-state index contributed by atoms with van der Waals surface area (Å²) in [5.74, 6) is -0.0745. The fourth-order valence-electron chi connectivity index (χ4n) is 6.72. The Morgan fingerprint density at radius 1 is 1.10 bits per heavy atom. The number of nitrogens with zero attached hydrogens (tertiary/aromatic N) is 2. The molecule has 0 radical (unpaired) electrons. The monoisotopic (exact) mass is 579 g/mol. The minimum atomic E-state index is -3.39. The van der Waals surface area contributed by atoms with Gasteiger partial charge in [-0.1, -0.05) is 11.6 Å². The van der Waals surface area contributed by atoms with Gasteiger partial charge in [0.2, 0.25) is 21.8 Å². The molecule has 4 aliphatic heterocycles. The van der Waals surface area contributed by atoms with Crippen LogP contribution in [0.4, 0.5) is 5.69 Å². The number of carbonyl (C=O) groups excluding carboxylic acids is 3. The van der Waals surface area contributed by atoms with Crippen LogP contribution in [-0.4, -0.2) is 85.4 Å². The largest absolute Gasteiger partial charge is 0.356 e. The van der Waals surface area contributed by atoms with Crippen LogP contribution in [0.25, 0.3) is 0 Å². The number of piperidine rings is 2. The molecule has 0 spiro atoms. The number of amides is 3. The predicted octanol–water partition coefficient (Wildman–Crippen LogP) is 2.13. The van der Waals surface area contributed by atoms with E-state index in [0.29, 0.717) is 30.6 Å². The molecule has 1 unspecified atom stereocenters. The van der Waals surface area contributed by atoms with Crippen molar-refractivity contribution in [2.24, 2.45) is 5.92 Å². The maximum absolute atomic E-state index is 13.5. The van der Waals surface area contributed by atoms with Gasteiger partial charge in [0.15, 0.2) is 0 Å². The van der Waals surface area contributed by atoms with E-state index in [-0.39, 0.29) is 59.0 Å². The van der Waals surface area contributed by atoms with Crippen molar-refractivity contribution in [3.8, 4) is 0 Å². The molecule has 3 N–H and O–H groups in total. The molecule has 39 heavy (non-hydrogen) atoms. The van der Waals surface area contributed by atoms with Crippen molar-refractivity contribution in [2.75, 3.05) is 37.2 Å². The van der Waals surface area contributed by atoms with Crippen molar-refractivity contribution < 1.29 is 22.8 Å². The maximum Gasteiger partial charge on any atom is 0.253 e. The third kappa shape index (κ3) is 6.58. The Kier molecular flexibility index (Phi) is 8.51. The lowest BCUT2D eigenvalue weighted by Gasteiger charge is -2.39. The summed E-state index contributed by atoms with van der Waals surface area (Å²) in [4.78, 5) is 38.1. The topological polar surface area (TPSA) is 128 Å². The fourth-order valence-corrected chi connectivity index (χ4v) is 9.36. The first-order valence-corrected chi connectivity index (χ1v) is 16.0. The summed E-state index contributed by atoms with van der Waals surface area (Å²) in [6.45, 7) is 4.87. The molecule has 4 heterocycles. The highest BCUT2D eigenvalue weighted by Crippen LogP contribution is 2.39. The molecule has 2 bridgehead atoms. The van der Waals surface area contributed by atoms with Gasteiger partial charge in [0.1, 0.15) is 0 Å². The third-order valence-corrected chi connectivity index (χ3v) is 11.0. The second-order valence-electron chi connectivity index (χ2n) is 11.5. The Bertz CT molecular complexity index is 1220. The minimum Gasteiger partial charge on any atom is -0.356 e. The molecule has 3 fully saturated rings. The van der Waals surface area contributed by atoms with Crippen LogP contribution in [0.2, 0.25) is 5.02 Å². The van der Waals surface area contributed by atoms with Gasteiger partial charge in [-0.3, -0.25) is 14.4 Å². The van der Waals surface area contributed by atoms with Crippen LogP contribution in [0.3, 0.4) is 0 Å². The molecular formula is C27H38ClN5O5S. The van der Waals surface area contributed by atoms with E-state index in [2.05, 4.69) is 20.9 Å². The van der Waals surface area contributed by atoms with E-state index >= 15 is 0 Å². The Morgan fingerprint density at radius 2 is 1.79 bits per heavy atom. The lowest BCUT2D eigenvalue weighted by atomic mass is 9.99. The highest BCUT2D eigenvalue weighted by Gasteiger charge is 2.47. The average Bonchev–Trinajstić information content (AvgIpc) is 3.37. The van der Waals surface area contributed by atoms with E-state index in [9.17, 15) is 22.8 Å². The number of nitrogens with one attached hydrogen (secondary N) is 3. The van der Waals surface area contributed by atoms with Crippen LogP contribution in [-0.2, 0) is 26.0 Å². The number of fused-ring (bicyclic) bond motifs is 3. The van der Waals surface area contributed by atoms with Crippen LogP contribution in [0.5, 0.6) is 0 Å². The Hall–Kier alpha value is -2.21. The van der Waals surface area contributed by atoms with Gasteiger partial charge in [-0.15, -0.1) is 0 Å². The van der Waals surface area contributed by atoms with E-state index in [1.165, 1.54) is 6.92 Å². The molecule has 0 aromatic heterocycles. The van der Waals surface area contributed by atoms with Gasteiger partial charge >= 0.3 is 0 Å². The molecule has 3 amide bonds. The first-order valence-electron chi connectivity index (χ1n) is 14.0. The van der Waals surface area contributed by atoms with E-state index in [1.807, 2.05) is 0 Å². The summed E-state index contributed by atoms with van der Waals surface area (Å²) in [6.07, 6.45) is 5.67. The molecule has 1 aromatic rings. The maximum atomic E-state index is 13.5. The Labute approximate surface area is 235 Å². The summed E-state index contributed by atoms with van der Waals surface area (Å²) in [7, 11) is -3.39. The van der Waals surface area contributed by atoms with Crippen LogP contribution in [0, 0.1) is 5.92 Å². The summed E-state index contributed by atoms with van der Waals surface area (Å²) in [5, 5.41) is 8.93. The van der Waals surface area contributed by atoms with E-state index in [0.717, 1.165) is 57.3 Å². The third-order valence-electron chi connectivity index (χ3n) is 8.56. The fraction of sp³-hybridized carbons (Fsp3) is 0.667. The van der Waals surface area contributed by atoms with Gasteiger partial charge in [-0.25, -0.2) is 8.42 Å². The summed E-state index contributed by atoms with van der Waals surface area (Å²) < 4.78 is 28.8. The zero-order valence-electron chi connectivity index (χ0n) is 22.4. The Balaban J connectivity index is 1.12. The van der Waals surface area contributed by atoms with Gasteiger partial charge in [0, 0.05) is 37.3 Å². The number of rotatable bonds is 9. The molecule has 5 rings (SSSR count). The van der Waals surface area contributed by atoms with E-state index in [4.69, 9.17) is 11.6 Å². The van der Waals surface area contributed by atoms with Crippen LogP contribution in [0.15, 0.2) is 12.1 Å². The molecule has 3 saturated heterocycles. The SMILES string of the molecule is CC(=O)NCCCN1CCC(CS(=O)(=O)N2[C@@H]3CC[C@H]2CC(NC(=O)c2cc4c(cc2Cl)NC(=O)C4)C3)CC1. The van der Waals surface area contributed by atoms with Gasteiger partial charge in [0.25, 0.3) is 5.91 Å². The first kappa shape index (κ1) is 28.3.